The van der Waals surface area contributed by atoms with Crippen molar-refractivity contribution in [3.05, 3.63) is 71.0 Å². The van der Waals surface area contributed by atoms with Crippen LogP contribution in [0.25, 0.3) is 0 Å². The zero-order chi connectivity index (χ0) is 15.4. The van der Waals surface area contributed by atoms with Crippen LogP contribution in [0.5, 0.6) is 0 Å². The minimum atomic E-state index is -1.17. The lowest BCUT2D eigenvalue weighted by Crippen LogP contribution is -2.25. The SMILES string of the molecule is CCC(c1ccccc1)C(NC)c1cc(F)c(F)cc1F. The van der Waals surface area contributed by atoms with E-state index in [2.05, 4.69) is 5.32 Å². The molecule has 0 aliphatic carbocycles. The van der Waals surface area contributed by atoms with Crippen LogP contribution in [0.2, 0.25) is 0 Å². The van der Waals surface area contributed by atoms with Crippen LogP contribution in [0.3, 0.4) is 0 Å². The van der Waals surface area contributed by atoms with E-state index in [0.29, 0.717) is 6.07 Å². The van der Waals surface area contributed by atoms with Crippen LogP contribution in [-0.2, 0) is 0 Å². The van der Waals surface area contributed by atoms with Gasteiger partial charge in [0.25, 0.3) is 0 Å². The molecule has 0 saturated carbocycles. The highest BCUT2D eigenvalue weighted by Crippen LogP contribution is 2.35. The fraction of sp³-hybridized carbons (Fsp3) is 0.294. The van der Waals surface area contributed by atoms with Gasteiger partial charge in [-0.2, -0.15) is 0 Å². The van der Waals surface area contributed by atoms with Crippen molar-refractivity contribution in [1.29, 1.82) is 0 Å². The second-order valence-corrected chi connectivity index (χ2v) is 4.98. The summed E-state index contributed by atoms with van der Waals surface area (Å²) < 4.78 is 40.6. The van der Waals surface area contributed by atoms with Crippen LogP contribution < -0.4 is 5.32 Å². The van der Waals surface area contributed by atoms with E-state index in [0.717, 1.165) is 18.1 Å². The van der Waals surface area contributed by atoms with Gasteiger partial charge in [0.1, 0.15) is 5.82 Å². The van der Waals surface area contributed by atoms with Crippen molar-refractivity contribution < 1.29 is 13.2 Å². The highest BCUT2D eigenvalue weighted by molar-refractivity contribution is 5.30. The van der Waals surface area contributed by atoms with Crippen molar-refractivity contribution >= 4 is 0 Å². The molecule has 1 nitrogen and oxygen atoms in total. The van der Waals surface area contributed by atoms with E-state index in [1.54, 1.807) is 7.05 Å². The molecule has 2 aromatic carbocycles. The van der Waals surface area contributed by atoms with Gasteiger partial charge in [0.05, 0.1) is 0 Å². The number of halogens is 3. The molecule has 21 heavy (non-hydrogen) atoms. The van der Waals surface area contributed by atoms with Crippen LogP contribution >= 0.6 is 0 Å². The van der Waals surface area contributed by atoms with E-state index in [1.807, 2.05) is 37.3 Å². The molecule has 0 radical (unpaired) electrons. The lowest BCUT2D eigenvalue weighted by molar-refractivity contribution is 0.432. The van der Waals surface area contributed by atoms with Gasteiger partial charge in [0.15, 0.2) is 11.6 Å². The summed E-state index contributed by atoms with van der Waals surface area (Å²) in [5.74, 6) is -2.97. The van der Waals surface area contributed by atoms with Gasteiger partial charge in [0, 0.05) is 23.6 Å². The Kier molecular flexibility index (Phi) is 5.02. The predicted molar refractivity (Wildman–Crippen MR) is 77.6 cm³/mol. The Balaban J connectivity index is 2.45. The third-order valence-electron chi connectivity index (χ3n) is 3.76. The van der Waals surface area contributed by atoms with Gasteiger partial charge >= 0.3 is 0 Å². The average molecular weight is 293 g/mol. The Morgan fingerprint density at radius 3 is 2.14 bits per heavy atom. The van der Waals surface area contributed by atoms with Crippen LogP contribution in [-0.4, -0.2) is 7.05 Å². The molecule has 4 heteroatoms. The van der Waals surface area contributed by atoms with Crippen molar-refractivity contribution in [2.24, 2.45) is 0 Å². The first-order chi connectivity index (χ1) is 10.1. The Bertz CT molecular complexity index is 598. The lowest BCUT2D eigenvalue weighted by atomic mass is 9.85. The van der Waals surface area contributed by atoms with Crippen molar-refractivity contribution in [3.63, 3.8) is 0 Å². The van der Waals surface area contributed by atoms with E-state index in [9.17, 15) is 13.2 Å². The average Bonchev–Trinajstić information content (AvgIpc) is 2.50. The van der Waals surface area contributed by atoms with Gasteiger partial charge in [-0.05, 0) is 25.1 Å². The van der Waals surface area contributed by atoms with Crippen molar-refractivity contribution in [2.45, 2.75) is 25.3 Å². The molecule has 0 heterocycles. The fourth-order valence-corrected chi connectivity index (χ4v) is 2.71. The normalized spacial score (nSPS) is 14.0. The Morgan fingerprint density at radius 2 is 1.57 bits per heavy atom. The second-order valence-electron chi connectivity index (χ2n) is 4.98. The molecule has 0 fully saturated rings. The number of benzene rings is 2. The van der Waals surface area contributed by atoms with Crippen molar-refractivity contribution in [3.8, 4) is 0 Å². The van der Waals surface area contributed by atoms with Crippen LogP contribution in [0.1, 0.15) is 36.4 Å². The standard InChI is InChI=1S/C17H18F3N/c1-3-12(11-7-5-4-6-8-11)17(21-2)13-9-15(19)16(20)10-14(13)18/h4-10,12,17,21H,3H2,1-2H3. The van der Waals surface area contributed by atoms with Gasteiger partial charge in [-0.25, -0.2) is 13.2 Å². The Hall–Kier alpha value is -1.81. The summed E-state index contributed by atoms with van der Waals surface area (Å²) in [6.07, 6.45) is 0.744. The minimum absolute atomic E-state index is 0.0319. The van der Waals surface area contributed by atoms with E-state index in [4.69, 9.17) is 0 Å². The van der Waals surface area contributed by atoms with Gasteiger partial charge in [-0.1, -0.05) is 37.3 Å². The quantitative estimate of drug-likeness (QED) is 0.797. The lowest BCUT2D eigenvalue weighted by Gasteiger charge is -2.27. The maximum atomic E-state index is 14.0. The molecule has 0 bridgehead atoms. The van der Waals surface area contributed by atoms with Crippen LogP contribution in [0.4, 0.5) is 13.2 Å². The molecule has 0 spiro atoms. The molecular weight excluding hydrogens is 275 g/mol. The predicted octanol–water partition coefficient (Wildman–Crippen LogP) is 4.56. The monoisotopic (exact) mass is 293 g/mol. The van der Waals surface area contributed by atoms with Crippen molar-refractivity contribution in [1.82, 2.24) is 5.32 Å². The summed E-state index contributed by atoms with van der Waals surface area (Å²) >= 11 is 0. The zero-order valence-electron chi connectivity index (χ0n) is 12.0. The number of likely N-dealkylation sites (N-methyl/N-ethyl adjacent to an activating group) is 1. The molecule has 2 atom stereocenters. The molecule has 2 aromatic rings. The Labute approximate surface area is 122 Å². The summed E-state index contributed by atoms with van der Waals surface area (Å²) in [6, 6.07) is 10.8. The van der Waals surface area contributed by atoms with Gasteiger partial charge in [-0.3, -0.25) is 0 Å². The molecule has 0 aliphatic rings. The maximum Gasteiger partial charge on any atom is 0.161 e. The van der Waals surface area contributed by atoms with Crippen LogP contribution in [0, 0.1) is 17.5 Å². The summed E-state index contributed by atoms with van der Waals surface area (Å²) in [6.45, 7) is 1.99. The Morgan fingerprint density at radius 1 is 0.952 bits per heavy atom. The molecule has 2 unspecified atom stereocenters. The molecule has 0 aliphatic heterocycles. The van der Waals surface area contributed by atoms with E-state index >= 15 is 0 Å². The topological polar surface area (TPSA) is 12.0 Å². The smallest absolute Gasteiger partial charge is 0.161 e. The third-order valence-corrected chi connectivity index (χ3v) is 3.76. The van der Waals surface area contributed by atoms with Gasteiger partial charge in [-0.15, -0.1) is 0 Å². The highest BCUT2D eigenvalue weighted by Gasteiger charge is 2.25. The first-order valence-electron chi connectivity index (χ1n) is 6.95. The number of nitrogens with one attached hydrogen (secondary N) is 1. The second kappa shape index (κ2) is 6.76. The first kappa shape index (κ1) is 15.6. The molecular formula is C17H18F3N. The molecule has 0 amide bonds. The van der Waals surface area contributed by atoms with E-state index < -0.39 is 23.5 Å². The number of hydrogen-bond acceptors (Lipinski definition) is 1. The molecule has 112 valence electrons. The fourth-order valence-electron chi connectivity index (χ4n) is 2.71. The van der Waals surface area contributed by atoms with Gasteiger partial charge < -0.3 is 5.32 Å². The summed E-state index contributed by atoms with van der Waals surface area (Å²) in [7, 11) is 1.69. The van der Waals surface area contributed by atoms with E-state index in [-0.39, 0.29) is 11.5 Å². The van der Waals surface area contributed by atoms with Gasteiger partial charge in [0.2, 0.25) is 0 Å². The maximum absolute atomic E-state index is 14.0. The van der Waals surface area contributed by atoms with Crippen molar-refractivity contribution in [2.75, 3.05) is 7.05 Å². The highest BCUT2D eigenvalue weighted by atomic mass is 19.2. The summed E-state index contributed by atoms with van der Waals surface area (Å²) in [5, 5.41) is 3.03. The zero-order valence-corrected chi connectivity index (χ0v) is 12.0. The first-order valence-corrected chi connectivity index (χ1v) is 6.95. The molecule has 0 aromatic heterocycles. The molecule has 1 N–H and O–H groups in total. The van der Waals surface area contributed by atoms with E-state index in [1.165, 1.54) is 0 Å². The summed E-state index contributed by atoms with van der Waals surface area (Å²) in [5.41, 5.74) is 1.18. The number of hydrogen-bond donors (Lipinski definition) is 1. The largest absolute Gasteiger partial charge is 0.312 e. The third kappa shape index (κ3) is 3.27. The summed E-state index contributed by atoms with van der Waals surface area (Å²) in [4.78, 5) is 0. The molecule has 0 saturated heterocycles. The molecule has 2 rings (SSSR count). The number of rotatable bonds is 5. The minimum Gasteiger partial charge on any atom is -0.312 e. The van der Waals surface area contributed by atoms with Crippen LogP contribution in [0.15, 0.2) is 42.5 Å².